The third-order valence-electron chi connectivity index (χ3n) is 4.70. The monoisotopic (exact) mass is 314 g/mol. The summed E-state index contributed by atoms with van der Waals surface area (Å²) in [5.41, 5.74) is 2.37. The maximum absolute atomic E-state index is 11.6. The Morgan fingerprint density at radius 3 is 2.65 bits per heavy atom. The number of benzene rings is 1. The van der Waals surface area contributed by atoms with Gasteiger partial charge < -0.3 is 9.67 Å². The van der Waals surface area contributed by atoms with Gasteiger partial charge in [-0.2, -0.15) is 0 Å². The third kappa shape index (κ3) is 3.28. The molecule has 0 atom stereocenters. The minimum atomic E-state index is -0.804. The second kappa shape index (κ2) is 6.52. The molecule has 1 aliphatic rings. The van der Waals surface area contributed by atoms with E-state index >= 15 is 0 Å². The van der Waals surface area contributed by atoms with Gasteiger partial charge in [-0.15, -0.1) is 0 Å². The van der Waals surface area contributed by atoms with E-state index in [0.29, 0.717) is 18.0 Å². The summed E-state index contributed by atoms with van der Waals surface area (Å²) in [6, 6.07) is 5.52. The number of carboxylic acids is 1. The van der Waals surface area contributed by atoms with Crippen molar-refractivity contribution in [1.29, 1.82) is 0 Å². The molecule has 0 spiro atoms. The zero-order chi connectivity index (χ0) is 16.4. The van der Waals surface area contributed by atoms with Crippen molar-refractivity contribution in [1.82, 2.24) is 9.55 Å². The Kier molecular flexibility index (Phi) is 4.46. The molecule has 1 saturated carbocycles. The lowest BCUT2D eigenvalue weighted by Gasteiger charge is -2.22. The molecule has 0 bridgehead atoms. The number of Topliss-reactive ketones (excluding diaryl/α,β-unsaturated/α-hetero) is 1. The van der Waals surface area contributed by atoms with Gasteiger partial charge >= 0.3 is 5.97 Å². The summed E-state index contributed by atoms with van der Waals surface area (Å²) in [7, 11) is 0. The molecule has 1 aliphatic carbocycles. The van der Waals surface area contributed by atoms with Gasteiger partial charge in [-0.25, -0.2) is 4.98 Å². The van der Waals surface area contributed by atoms with E-state index in [4.69, 9.17) is 10.1 Å². The fourth-order valence-electron chi connectivity index (χ4n) is 3.48. The third-order valence-corrected chi connectivity index (χ3v) is 4.70. The van der Waals surface area contributed by atoms with Gasteiger partial charge in [-0.3, -0.25) is 9.59 Å². The van der Waals surface area contributed by atoms with Crippen LogP contribution in [0.2, 0.25) is 0 Å². The molecule has 122 valence electrons. The van der Waals surface area contributed by atoms with E-state index in [1.54, 1.807) is 13.0 Å². The van der Waals surface area contributed by atoms with Crippen LogP contribution in [0, 0.1) is 0 Å². The van der Waals surface area contributed by atoms with Crippen LogP contribution in [-0.4, -0.2) is 26.4 Å². The number of hydrogen-bond acceptors (Lipinski definition) is 3. The summed E-state index contributed by atoms with van der Waals surface area (Å²) >= 11 is 0. The van der Waals surface area contributed by atoms with Crippen LogP contribution in [0.15, 0.2) is 18.2 Å². The highest BCUT2D eigenvalue weighted by atomic mass is 16.4. The summed E-state index contributed by atoms with van der Waals surface area (Å²) in [5.74, 6) is 0.598. The molecule has 23 heavy (non-hydrogen) atoms. The number of rotatable bonds is 5. The van der Waals surface area contributed by atoms with Gasteiger partial charge in [0.25, 0.3) is 0 Å². The highest BCUT2D eigenvalue weighted by Gasteiger charge is 2.23. The smallest absolute Gasteiger partial charge is 0.305 e. The first kappa shape index (κ1) is 15.7. The summed E-state index contributed by atoms with van der Waals surface area (Å²) in [6.07, 6.45) is 5.96. The number of imidazole rings is 1. The van der Waals surface area contributed by atoms with E-state index in [1.807, 2.05) is 16.7 Å². The topological polar surface area (TPSA) is 72.2 Å². The largest absolute Gasteiger partial charge is 0.481 e. The van der Waals surface area contributed by atoms with Crippen LogP contribution in [0.25, 0.3) is 11.0 Å². The molecule has 1 aromatic heterocycles. The number of carbonyl (C=O) groups excluding carboxylic acids is 1. The summed E-state index contributed by atoms with van der Waals surface area (Å²) in [4.78, 5) is 27.3. The Balaban J connectivity index is 2.05. The van der Waals surface area contributed by atoms with E-state index in [2.05, 4.69) is 0 Å². The average molecular weight is 314 g/mol. The molecule has 2 aromatic rings. The normalized spacial score (nSPS) is 15.9. The van der Waals surface area contributed by atoms with Gasteiger partial charge in [0.05, 0.1) is 17.5 Å². The first-order valence-corrected chi connectivity index (χ1v) is 8.29. The van der Waals surface area contributed by atoms with Crippen LogP contribution < -0.4 is 0 Å². The number of nitrogens with zero attached hydrogens (tertiary/aromatic N) is 2. The molecule has 1 fully saturated rings. The SMILES string of the molecule is CC(=O)c1ccc2c(c1)nc(C1CCCCC1)n2CCC(=O)O. The van der Waals surface area contributed by atoms with Crippen molar-refractivity contribution in [2.45, 2.75) is 57.9 Å². The molecule has 0 saturated heterocycles. The highest BCUT2D eigenvalue weighted by molar-refractivity contribution is 5.97. The zero-order valence-corrected chi connectivity index (χ0v) is 13.4. The maximum Gasteiger partial charge on any atom is 0.305 e. The number of aromatic nitrogens is 2. The molecular weight excluding hydrogens is 292 g/mol. The first-order chi connectivity index (χ1) is 11.1. The van der Waals surface area contributed by atoms with Gasteiger partial charge in [0.2, 0.25) is 0 Å². The van der Waals surface area contributed by atoms with Crippen LogP contribution in [0.5, 0.6) is 0 Å². The zero-order valence-electron chi connectivity index (χ0n) is 13.4. The first-order valence-electron chi connectivity index (χ1n) is 8.29. The number of fused-ring (bicyclic) bond motifs is 1. The second-order valence-electron chi connectivity index (χ2n) is 6.36. The number of aliphatic carboxylic acids is 1. The molecule has 0 amide bonds. The lowest BCUT2D eigenvalue weighted by molar-refractivity contribution is -0.137. The average Bonchev–Trinajstić information content (AvgIpc) is 2.91. The lowest BCUT2D eigenvalue weighted by Crippen LogP contribution is -2.14. The van der Waals surface area contributed by atoms with Crippen LogP contribution in [0.4, 0.5) is 0 Å². The van der Waals surface area contributed by atoms with E-state index in [1.165, 1.54) is 19.3 Å². The molecule has 0 radical (unpaired) electrons. The second-order valence-corrected chi connectivity index (χ2v) is 6.36. The van der Waals surface area contributed by atoms with Gasteiger partial charge in [0.1, 0.15) is 5.82 Å². The lowest BCUT2D eigenvalue weighted by atomic mass is 9.88. The Bertz CT molecular complexity index is 742. The predicted octanol–water partition coefficient (Wildman–Crippen LogP) is 3.76. The van der Waals surface area contributed by atoms with Crippen molar-refractivity contribution < 1.29 is 14.7 Å². The molecule has 5 heteroatoms. The number of carbonyl (C=O) groups is 2. The molecule has 1 aromatic carbocycles. The molecule has 3 rings (SSSR count). The fraction of sp³-hybridized carbons (Fsp3) is 0.500. The molecule has 1 heterocycles. The van der Waals surface area contributed by atoms with Crippen LogP contribution in [-0.2, 0) is 11.3 Å². The van der Waals surface area contributed by atoms with Crippen LogP contribution in [0.3, 0.4) is 0 Å². The minimum Gasteiger partial charge on any atom is -0.481 e. The molecule has 5 nitrogen and oxygen atoms in total. The van der Waals surface area contributed by atoms with Crippen molar-refractivity contribution >= 4 is 22.8 Å². The summed E-state index contributed by atoms with van der Waals surface area (Å²) < 4.78 is 2.04. The number of aryl methyl sites for hydroxylation is 1. The molecule has 1 N–H and O–H groups in total. The van der Waals surface area contributed by atoms with E-state index in [9.17, 15) is 9.59 Å². The summed E-state index contributed by atoms with van der Waals surface area (Å²) in [5, 5.41) is 9.02. The molecule has 0 unspecified atom stereocenters. The number of carboxylic acid groups (broad SMARTS) is 1. The fourth-order valence-corrected chi connectivity index (χ4v) is 3.48. The Morgan fingerprint density at radius 2 is 2.00 bits per heavy atom. The van der Waals surface area contributed by atoms with Crippen molar-refractivity contribution in [3.8, 4) is 0 Å². The Hall–Kier alpha value is -2.17. The van der Waals surface area contributed by atoms with Crippen LogP contribution >= 0.6 is 0 Å². The Morgan fingerprint density at radius 1 is 1.26 bits per heavy atom. The van der Waals surface area contributed by atoms with Gasteiger partial charge in [-0.1, -0.05) is 19.3 Å². The van der Waals surface area contributed by atoms with Crippen molar-refractivity contribution in [3.63, 3.8) is 0 Å². The van der Waals surface area contributed by atoms with E-state index in [-0.39, 0.29) is 12.2 Å². The Labute approximate surface area is 135 Å². The number of ketones is 1. The number of hydrogen-bond donors (Lipinski definition) is 1. The molecule has 0 aliphatic heterocycles. The summed E-state index contributed by atoms with van der Waals surface area (Å²) in [6.45, 7) is 1.97. The maximum atomic E-state index is 11.6. The van der Waals surface area contributed by atoms with E-state index in [0.717, 1.165) is 29.7 Å². The van der Waals surface area contributed by atoms with Crippen molar-refractivity contribution in [2.75, 3.05) is 0 Å². The van der Waals surface area contributed by atoms with E-state index < -0.39 is 5.97 Å². The van der Waals surface area contributed by atoms with Gasteiger partial charge in [0.15, 0.2) is 5.78 Å². The minimum absolute atomic E-state index is 0.0196. The van der Waals surface area contributed by atoms with Crippen LogP contribution in [0.1, 0.15) is 67.5 Å². The standard InChI is InChI=1S/C18H22N2O3/c1-12(21)14-7-8-16-15(11-14)19-18(13-5-3-2-4-6-13)20(16)10-9-17(22)23/h7-8,11,13H,2-6,9-10H2,1H3,(H,22,23). The molecular formula is C18H22N2O3. The predicted molar refractivity (Wildman–Crippen MR) is 87.8 cm³/mol. The quantitative estimate of drug-likeness (QED) is 0.853. The van der Waals surface area contributed by atoms with Gasteiger partial charge in [0, 0.05) is 18.0 Å². The van der Waals surface area contributed by atoms with Gasteiger partial charge in [-0.05, 0) is 38.0 Å². The highest BCUT2D eigenvalue weighted by Crippen LogP contribution is 2.34. The van der Waals surface area contributed by atoms with Crippen molar-refractivity contribution in [2.24, 2.45) is 0 Å². The van der Waals surface area contributed by atoms with Crippen molar-refractivity contribution in [3.05, 3.63) is 29.6 Å².